The van der Waals surface area contributed by atoms with Crippen molar-refractivity contribution in [3.05, 3.63) is 64.7 Å². The van der Waals surface area contributed by atoms with Gasteiger partial charge in [0, 0.05) is 11.1 Å². The fourth-order valence-electron chi connectivity index (χ4n) is 5.73. The Morgan fingerprint density at radius 2 is 1.82 bits per heavy atom. The summed E-state index contributed by atoms with van der Waals surface area (Å²) in [5.41, 5.74) is 7.44. The molecule has 1 spiro atoms. The molecule has 2 aromatic rings. The van der Waals surface area contributed by atoms with Crippen LogP contribution in [0, 0.1) is 28.5 Å². The standard InChI is InChI=1S/C28H30F2N6O3/c1-39-25-20(29)13-19(14-21(25)30)23-27(38)36(28(34-23)11-3-2-4-12-28)24(16-5-6-16)17-7-9-18(10-8-17)26(37)33-15-22(31)35-32/h7-10,13-14,16,24,31-32H,2-6,11-12,15H2,1H3,(H,33,37)/t24-/m1/s1. The van der Waals surface area contributed by atoms with Gasteiger partial charge in [-0.15, -0.1) is 5.11 Å². The minimum atomic E-state index is -0.890. The van der Waals surface area contributed by atoms with Crippen LogP contribution in [0.5, 0.6) is 5.75 Å². The van der Waals surface area contributed by atoms with E-state index in [4.69, 9.17) is 20.7 Å². The average Bonchev–Trinajstić information content (AvgIpc) is 3.74. The van der Waals surface area contributed by atoms with E-state index in [1.165, 1.54) is 7.11 Å². The number of hydrogen-bond acceptors (Lipinski definition) is 6. The third kappa shape index (κ3) is 5.05. The number of carbonyl (C=O) groups excluding carboxylic acids is 2. The van der Waals surface area contributed by atoms with E-state index in [-0.39, 0.29) is 41.5 Å². The van der Waals surface area contributed by atoms with Gasteiger partial charge in [0.25, 0.3) is 11.8 Å². The molecule has 0 bridgehead atoms. The number of amides is 2. The summed E-state index contributed by atoms with van der Waals surface area (Å²) in [5.74, 6) is -3.07. The number of nitrogens with one attached hydrogen (secondary N) is 3. The number of halogens is 2. The number of methoxy groups -OCH3 is 1. The highest BCUT2D eigenvalue weighted by molar-refractivity contribution is 6.46. The first kappa shape index (κ1) is 26.6. The van der Waals surface area contributed by atoms with Gasteiger partial charge in [-0.1, -0.05) is 18.6 Å². The quantitative estimate of drug-likeness (QED) is 0.245. The zero-order valence-corrected chi connectivity index (χ0v) is 21.6. The second kappa shape index (κ2) is 10.6. The van der Waals surface area contributed by atoms with Crippen molar-refractivity contribution in [2.24, 2.45) is 16.0 Å². The normalized spacial score (nSPS) is 19.0. The van der Waals surface area contributed by atoms with Crippen LogP contribution in [0.2, 0.25) is 0 Å². The topological polar surface area (TPSA) is 131 Å². The molecule has 5 rings (SSSR count). The predicted molar refractivity (Wildman–Crippen MR) is 139 cm³/mol. The van der Waals surface area contributed by atoms with Gasteiger partial charge in [-0.2, -0.15) is 0 Å². The fourth-order valence-corrected chi connectivity index (χ4v) is 5.73. The Morgan fingerprint density at radius 1 is 1.18 bits per heavy atom. The maximum atomic E-state index is 14.6. The van der Waals surface area contributed by atoms with Gasteiger partial charge in [-0.3, -0.25) is 20.0 Å². The van der Waals surface area contributed by atoms with E-state index >= 15 is 0 Å². The third-order valence-electron chi connectivity index (χ3n) is 7.73. The highest BCUT2D eigenvalue weighted by atomic mass is 19.1. The smallest absolute Gasteiger partial charge is 0.275 e. The monoisotopic (exact) mass is 536 g/mol. The molecule has 1 aliphatic heterocycles. The number of rotatable bonds is 8. The predicted octanol–water partition coefficient (Wildman–Crippen LogP) is 5.15. The van der Waals surface area contributed by atoms with Crippen molar-refractivity contribution >= 4 is 23.4 Å². The molecule has 11 heteroatoms. The van der Waals surface area contributed by atoms with Crippen molar-refractivity contribution in [2.75, 3.05) is 13.7 Å². The second-order valence-corrected chi connectivity index (χ2v) is 10.3. The largest absolute Gasteiger partial charge is 0.491 e. The SMILES string of the molecule is COc1c(F)cc(C2=NC3(CCCCC3)N([C@@H](c3ccc(C(=O)NCC(=N)N=N)cc3)C3CC3)C2=O)cc1F. The van der Waals surface area contributed by atoms with E-state index in [2.05, 4.69) is 10.4 Å². The molecule has 204 valence electrons. The molecule has 0 unspecified atom stereocenters. The van der Waals surface area contributed by atoms with Gasteiger partial charge in [-0.05, 0) is 74.3 Å². The van der Waals surface area contributed by atoms with Gasteiger partial charge >= 0.3 is 0 Å². The summed E-state index contributed by atoms with van der Waals surface area (Å²) in [7, 11) is 1.19. The molecule has 3 N–H and O–H groups in total. The molecule has 9 nitrogen and oxygen atoms in total. The number of benzene rings is 2. The first-order valence-electron chi connectivity index (χ1n) is 13.1. The van der Waals surface area contributed by atoms with E-state index in [9.17, 15) is 18.4 Å². The lowest BCUT2D eigenvalue weighted by molar-refractivity contribution is -0.133. The highest BCUT2D eigenvalue weighted by Gasteiger charge is 2.54. The molecule has 2 fully saturated rings. The van der Waals surface area contributed by atoms with Crippen LogP contribution >= 0.6 is 0 Å². The van der Waals surface area contributed by atoms with Crippen LogP contribution in [0.3, 0.4) is 0 Å². The Morgan fingerprint density at radius 3 is 2.38 bits per heavy atom. The number of aliphatic imine (C=N–C) groups is 1. The van der Waals surface area contributed by atoms with Crippen LogP contribution in [-0.4, -0.2) is 47.6 Å². The maximum Gasteiger partial charge on any atom is 0.275 e. The average molecular weight is 537 g/mol. The summed E-state index contributed by atoms with van der Waals surface area (Å²) in [5, 5.41) is 12.9. The van der Waals surface area contributed by atoms with Crippen molar-refractivity contribution in [3.8, 4) is 5.75 Å². The Hall–Kier alpha value is -4.02. The summed E-state index contributed by atoms with van der Waals surface area (Å²) in [6.45, 7) is -0.147. The first-order valence-corrected chi connectivity index (χ1v) is 13.1. The lowest BCUT2D eigenvalue weighted by atomic mass is 9.86. The number of nitrogens with zero attached hydrogens (tertiary/aromatic N) is 3. The molecule has 0 radical (unpaired) electrons. The van der Waals surface area contributed by atoms with E-state index in [0.717, 1.165) is 49.8 Å². The third-order valence-corrected chi connectivity index (χ3v) is 7.73. The zero-order chi connectivity index (χ0) is 27.7. The molecule has 2 amide bonds. The molecule has 2 aliphatic carbocycles. The van der Waals surface area contributed by atoms with Crippen molar-refractivity contribution < 1.29 is 23.1 Å². The van der Waals surface area contributed by atoms with Gasteiger partial charge in [0.05, 0.1) is 19.7 Å². The molecule has 1 heterocycles. The van der Waals surface area contributed by atoms with Crippen LogP contribution in [0.15, 0.2) is 46.5 Å². The maximum absolute atomic E-state index is 14.6. The van der Waals surface area contributed by atoms with Crippen LogP contribution in [0.25, 0.3) is 0 Å². The van der Waals surface area contributed by atoms with Crippen molar-refractivity contribution in [1.29, 1.82) is 10.9 Å². The van der Waals surface area contributed by atoms with E-state index in [1.54, 1.807) is 12.1 Å². The molecular formula is C28H30F2N6O3. The van der Waals surface area contributed by atoms with Gasteiger partial charge in [0.2, 0.25) is 0 Å². The second-order valence-electron chi connectivity index (χ2n) is 10.3. The molecular weight excluding hydrogens is 506 g/mol. The lowest BCUT2D eigenvalue weighted by Crippen LogP contribution is -2.50. The zero-order valence-electron chi connectivity index (χ0n) is 21.6. The van der Waals surface area contributed by atoms with Gasteiger partial charge in [0.1, 0.15) is 11.4 Å². The minimum Gasteiger partial charge on any atom is -0.491 e. The Labute approximate surface area is 224 Å². The lowest BCUT2D eigenvalue weighted by Gasteiger charge is -2.44. The number of ether oxygens (including phenoxy) is 1. The van der Waals surface area contributed by atoms with Crippen LogP contribution in [0.1, 0.15) is 72.5 Å². The highest BCUT2D eigenvalue weighted by Crippen LogP contribution is 2.52. The Balaban J connectivity index is 1.48. The molecule has 1 atom stereocenters. The summed E-state index contributed by atoms with van der Waals surface area (Å²) >= 11 is 0. The number of amidine groups is 1. The molecule has 3 aliphatic rings. The van der Waals surface area contributed by atoms with Gasteiger partial charge in [-0.25, -0.2) is 14.3 Å². The van der Waals surface area contributed by atoms with Gasteiger partial charge in [0.15, 0.2) is 23.2 Å². The van der Waals surface area contributed by atoms with Crippen molar-refractivity contribution in [3.63, 3.8) is 0 Å². The summed E-state index contributed by atoms with van der Waals surface area (Å²) in [6.07, 6.45) is 6.02. The Bertz CT molecular complexity index is 1330. The van der Waals surface area contributed by atoms with Crippen LogP contribution < -0.4 is 10.1 Å². The molecule has 2 saturated carbocycles. The fraction of sp³-hybridized carbons (Fsp3) is 0.429. The Kier molecular flexibility index (Phi) is 7.24. The van der Waals surface area contributed by atoms with Gasteiger partial charge < -0.3 is 15.0 Å². The summed E-state index contributed by atoms with van der Waals surface area (Å²) in [6, 6.07) is 8.91. The number of carbonyl (C=O) groups is 2. The molecule has 0 saturated heterocycles. The first-order chi connectivity index (χ1) is 18.8. The number of hydrogen-bond donors (Lipinski definition) is 3. The molecule has 0 aromatic heterocycles. The van der Waals surface area contributed by atoms with Crippen molar-refractivity contribution in [2.45, 2.75) is 56.7 Å². The molecule has 39 heavy (non-hydrogen) atoms. The summed E-state index contributed by atoms with van der Waals surface area (Å²) in [4.78, 5) is 33.3. The van der Waals surface area contributed by atoms with Crippen LogP contribution in [0.4, 0.5) is 8.78 Å². The van der Waals surface area contributed by atoms with E-state index < -0.39 is 29.0 Å². The van der Waals surface area contributed by atoms with Crippen molar-refractivity contribution in [1.82, 2.24) is 10.2 Å². The molecule has 2 aromatic carbocycles. The van der Waals surface area contributed by atoms with E-state index in [1.807, 2.05) is 17.0 Å². The summed E-state index contributed by atoms with van der Waals surface area (Å²) < 4.78 is 34.0. The minimum absolute atomic E-state index is 0.0567. The van der Waals surface area contributed by atoms with Crippen LogP contribution in [-0.2, 0) is 4.79 Å². The van der Waals surface area contributed by atoms with E-state index in [0.29, 0.717) is 18.4 Å².